The molecule has 4 heteroatoms. The van der Waals surface area contributed by atoms with Crippen molar-refractivity contribution in [3.05, 3.63) is 72.4 Å². The van der Waals surface area contributed by atoms with Crippen molar-refractivity contribution in [1.29, 1.82) is 0 Å². The third-order valence-corrected chi connectivity index (χ3v) is 3.33. The number of carbonyl (C=O) groups is 1. The summed E-state index contributed by atoms with van der Waals surface area (Å²) < 4.78 is 10.5. The van der Waals surface area contributed by atoms with Crippen molar-refractivity contribution in [2.45, 2.75) is 0 Å². The molecule has 0 aliphatic carbocycles. The van der Waals surface area contributed by atoms with E-state index in [1.807, 2.05) is 48.5 Å². The van der Waals surface area contributed by atoms with Gasteiger partial charge in [-0.1, -0.05) is 30.3 Å². The molecule has 2 aromatic carbocycles. The van der Waals surface area contributed by atoms with Gasteiger partial charge in [-0.3, -0.25) is 4.98 Å². The van der Waals surface area contributed by atoms with Gasteiger partial charge < -0.3 is 9.47 Å². The van der Waals surface area contributed by atoms with Crippen LogP contribution in [-0.4, -0.2) is 18.1 Å². The van der Waals surface area contributed by atoms with Gasteiger partial charge in [0.05, 0.1) is 7.11 Å². The Balaban J connectivity index is 1.74. The minimum absolute atomic E-state index is 0.445. The van der Waals surface area contributed by atoms with Crippen molar-refractivity contribution < 1.29 is 14.3 Å². The monoisotopic (exact) mass is 305 g/mol. The van der Waals surface area contributed by atoms with Crippen LogP contribution in [0.1, 0.15) is 5.56 Å². The zero-order valence-electron chi connectivity index (χ0n) is 12.6. The standard InChI is InChI=1S/C19H15NO3/c1-22-16-10-7-14(8-11-16)9-12-18(21)23-17-6-2-4-15-5-3-13-20-19(15)17/h2-13H,1H3/b12-9+. The fourth-order valence-corrected chi connectivity index (χ4v) is 2.18. The van der Waals surface area contributed by atoms with Crippen LogP contribution >= 0.6 is 0 Å². The normalized spacial score (nSPS) is 10.8. The predicted octanol–water partition coefficient (Wildman–Crippen LogP) is 3.86. The van der Waals surface area contributed by atoms with Crippen LogP contribution in [0.4, 0.5) is 0 Å². The minimum atomic E-state index is -0.445. The maximum Gasteiger partial charge on any atom is 0.336 e. The first-order valence-electron chi connectivity index (χ1n) is 7.14. The van der Waals surface area contributed by atoms with Crippen LogP contribution < -0.4 is 9.47 Å². The van der Waals surface area contributed by atoms with Gasteiger partial charge in [0.25, 0.3) is 0 Å². The number of hydrogen-bond acceptors (Lipinski definition) is 4. The number of rotatable bonds is 4. The summed E-state index contributed by atoms with van der Waals surface area (Å²) in [4.78, 5) is 16.2. The van der Waals surface area contributed by atoms with Crippen LogP contribution in [0.3, 0.4) is 0 Å². The van der Waals surface area contributed by atoms with Crippen LogP contribution in [0, 0.1) is 0 Å². The summed E-state index contributed by atoms with van der Waals surface area (Å²) >= 11 is 0. The zero-order valence-corrected chi connectivity index (χ0v) is 12.6. The van der Waals surface area contributed by atoms with E-state index in [9.17, 15) is 4.79 Å². The first-order chi connectivity index (χ1) is 11.3. The van der Waals surface area contributed by atoms with Crippen molar-refractivity contribution in [2.75, 3.05) is 7.11 Å². The Bertz CT molecular complexity index is 849. The Morgan fingerprint density at radius 3 is 2.61 bits per heavy atom. The number of methoxy groups -OCH3 is 1. The van der Waals surface area contributed by atoms with E-state index in [1.165, 1.54) is 6.08 Å². The van der Waals surface area contributed by atoms with Gasteiger partial charge in [0.1, 0.15) is 11.3 Å². The average Bonchev–Trinajstić information content (AvgIpc) is 2.61. The second-order valence-corrected chi connectivity index (χ2v) is 4.86. The minimum Gasteiger partial charge on any atom is -0.497 e. The molecule has 0 aliphatic heterocycles. The van der Waals surface area contributed by atoms with Crippen LogP contribution in [0.25, 0.3) is 17.0 Å². The smallest absolute Gasteiger partial charge is 0.336 e. The number of para-hydroxylation sites is 1. The fourth-order valence-electron chi connectivity index (χ4n) is 2.18. The fraction of sp³-hybridized carbons (Fsp3) is 0.0526. The van der Waals surface area contributed by atoms with Gasteiger partial charge in [-0.05, 0) is 35.9 Å². The van der Waals surface area contributed by atoms with Crippen LogP contribution in [0.15, 0.2) is 66.9 Å². The van der Waals surface area contributed by atoms with E-state index < -0.39 is 5.97 Å². The maximum absolute atomic E-state index is 12.0. The summed E-state index contributed by atoms with van der Waals surface area (Å²) in [5.74, 6) is 0.776. The molecular formula is C19H15NO3. The Morgan fingerprint density at radius 1 is 1.04 bits per heavy atom. The van der Waals surface area contributed by atoms with Gasteiger partial charge >= 0.3 is 5.97 Å². The van der Waals surface area contributed by atoms with E-state index in [0.29, 0.717) is 11.3 Å². The molecule has 0 saturated heterocycles. The number of hydrogen-bond donors (Lipinski definition) is 0. The van der Waals surface area contributed by atoms with Crippen LogP contribution in [0.2, 0.25) is 0 Å². The van der Waals surface area contributed by atoms with E-state index in [0.717, 1.165) is 16.7 Å². The molecule has 1 aromatic heterocycles. The maximum atomic E-state index is 12.0. The summed E-state index contributed by atoms with van der Waals surface area (Å²) in [5.41, 5.74) is 1.56. The van der Waals surface area contributed by atoms with Crippen molar-refractivity contribution in [3.63, 3.8) is 0 Å². The zero-order chi connectivity index (χ0) is 16.1. The molecule has 0 unspecified atom stereocenters. The lowest BCUT2D eigenvalue weighted by Crippen LogP contribution is -2.04. The molecule has 0 aliphatic rings. The molecule has 0 atom stereocenters. The van der Waals surface area contributed by atoms with Crippen LogP contribution in [-0.2, 0) is 4.79 Å². The Morgan fingerprint density at radius 2 is 1.83 bits per heavy atom. The Labute approximate surface area is 134 Å². The predicted molar refractivity (Wildman–Crippen MR) is 89.4 cm³/mol. The molecule has 3 aromatic rings. The number of ether oxygens (including phenoxy) is 2. The molecule has 4 nitrogen and oxygen atoms in total. The van der Waals surface area contributed by atoms with E-state index in [2.05, 4.69) is 4.98 Å². The van der Waals surface area contributed by atoms with Gasteiger partial charge in [-0.25, -0.2) is 4.79 Å². The van der Waals surface area contributed by atoms with E-state index >= 15 is 0 Å². The summed E-state index contributed by atoms with van der Waals surface area (Å²) in [5, 5.41) is 0.928. The molecule has 0 spiro atoms. The number of benzene rings is 2. The van der Waals surface area contributed by atoms with E-state index in [-0.39, 0.29) is 0 Å². The number of fused-ring (bicyclic) bond motifs is 1. The largest absolute Gasteiger partial charge is 0.497 e. The third-order valence-electron chi connectivity index (χ3n) is 3.33. The second-order valence-electron chi connectivity index (χ2n) is 4.86. The molecule has 0 amide bonds. The second kappa shape index (κ2) is 6.75. The lowest BCUT2D eigenvalue weighted by Gasteiger charge is -2.04. The van der Waals surface area contributed by atoms with Crippen molar-refractivity contribution in [2.24, 2.45) is 0 Å². The first-order valence-corrected chi connectivity index (χ1v) is 7.14. The lowest BCUT2D eigenvalue weighted by atomic mass is 10.2. The number of carbonyl (C=O) groups excluding carboxylic acids is 1. The molecule has 114 valence electrons. The van der Waals surface area contributed by atoms with E-state index in [1.54, 1.807) is 25.4 Å². The van der Waals surface area contributed by atoms with Gasteiger partial charge in [0, 0.05) is 17.7 Å². The molecule has 0 bridgehead atoms. The van der Waals surface area contributed by atoms with E-state index in [4.69, 9.17) is 9.47 Å². The van der Waals surface area contributed by atoms with Crippen molar-refractivity contribution >= 4 is 22.9 Å². The molecule has 0 saturated carbocycles. The van der Waals surface area contributed by atoms with Gasteiger partial charge in [-0.2, -0.15) is 0 Å². The molecular weight excluding hydrogens is 290 g/mol. The molecule has 1 heterocycles. The average molecular weight is 305 g/mol. The SMILES string of the molecule is COc1ccc(/C=C/C(=O)Oc2cccc3cccnc23)cc1. The number of esters is 1. The molecule has 0 N–H and O–H groups in total. The summed E-state index contributed by atoms with van der Waals surface area (Å²) in [7, 11) is 1.61. The topological polar surface area (TPSA) is 48.4 Å². The number of aromatic nitrogens is 1. The molecule has 23 heavy (non-hydrogen) atoms. The highest BCUT2D eigenvalue weighted by Gasteiger charge is 2.06. The van der Waals surface area contributed by atoms with Gasteiger partial charge in [0.15, 0.2) is 5.75 Å². The van der Waals surface area contributed by atoms with Crippen molar-refractivity contribution in [1.82, 2.24) is 4.98 Å². The summed E-state index contributed by atoms with van der Waals surface area (Å²) in [6, 6.07) is 16.6. The quantitative estimate of drug-likeness (QED) is 0.417. The first kappa shape index (κ1) is 14.8. The van der Waals surface area contributed by atoms with Crippen LogP contribution in [0.5, 0.6) is 11.5 Å². The summed E-state index contributed by atoms with van der Waals surface area (Å²) in [6.45, 7) is 0. The Hall–Kier alpha value is -3.14. The highest BCUT2D eigenvalue weighted by atomic mass is 16.5. The van der Waals surface area contributed by atoms with Crippen molar-refractivity contribution in [3.8, 4) is 11.5 Å². The highest BCUT2D eigenvalue weighted by molar-refractivity contribution is 5.92. The molecule has 0 radical (unpaired) electrons. The summed E-state index contributed by atoms with van der Waals surface area (Å²) in [6.07, 6.45) is 4.76. The Kier molecular flexibility index (Phi) is 4.34. The number of nitrogens with zero attached hydrogens (tertiary/aromatic N) is 1. The molecule has 0 fully saturated rings. The number of pyridine rings is 1. The van der Waals surface area contributed by atoms with Gasteiger partial charge in [0.2, 0.25) is 0 Å². The lowest BCUT2D eigenvalue weighted by molar-refractivity contribution is -0.128. The molecule has 3 rings (SSSR count). The highest BCUT2D eigenvalue weighted by Crippen LogP contribution is 2.23. The van der Waals surface area contributed by atoms with Gasteiger partial charge in [-0.15, -0.1) is 0 Å². The third kappa shape index (κ3) is 3.55.